The Balaban J connectivity index is 1.53. The number of allylic oxidation sites excluding steroid dienone is 1. The lowest BCUT2D eigenvalue weighted by Crippen LogP contribution is -2.39. The van der Waals surface area contributed by atoms with Crippen molar-refractivity contribution in [2.24, 2.45) is 4.99 Å². The lowest BCUT2D eigenvalue weighted by atomic mass is 9.96. The van der Waals surface area contributed by atoms with Gasteiger partial charge in [-0.15, -0.1) is 0 Å². The fraction of sp³-hybridized carbons (Fsp3) is 0.172. The van der Waals surface area contributed by atoms with Crippen molar-refractivity contribution in [3.8, 4) is 11.5 Å². The average molecular weight is 545 g/mol. The van der Waals surface area contributed by atoms with Crippen molar-refractivity contribution in [2.75, 3.05) is 13.7 Å². The van der Waals surface area contributed by atoms with Gasteiger partial charge in [-0.2, -0.15) is 0 Å². The third-order valence-electron chi connectivity index (χ3n) is 6.06. The molecule has 2 aromatic carbocycles. The monoisotopic (exact) mass is 544 g/mol. The number of thiazole rings is 1. The lowest BCUT2D eigenvalue weighted by molar-refractivity contribution is -0.139. The molecule has 4 aromatic rings. The summed E-state index contributed by atoms with van der Waals surface area (Å²) in [6, 6.07) is 16.3. The Morgan fingerprint density at radius 2 is 1.77 bits per heavy atom. The van der Waals surface area contributed by atoms with E-state index in [9.17, 15) is 14.4 Å². The molecule has 1 aliphatic rings. The predicted molar refractivity (Wildman–Crippen MR) is 144 cm³/mol. The number of fused-ring (bicyclic) bond motifs is 1. The molecule has 39 heavy (non-hydrogen) atoms. The van der Waals surface area contributed by atoms with E-state index in [1.165, 1.54) is 28.2 Å². The van der Waals surface area contributed by atoms with E-state index in [4.69, 9.17) is 18.6 Å². The number of ether oxygens (including phenoxy) is 3. The number of methoxy groups -OCH3 is 1. The van der Waals surface area contributed by atoms with E-state index >= 15 is 0 Å². The third kappa shape index (κ3) is 5.19. The van der Waals surface area contributed by atoms with E-state index in [1.54, 1.807) is 69.5 Å². The summed E-state index contributed by atoms with van der Waals surface area (Å²) in [6.45, 7) is 3.67. The quantitative estimate of drug-likeness (QED) is 0.258. The second kappa shape index (κ2) is 11.0. The maximum absolute atomic E-state index is 13.7. The van der Waals surface area contributed by atoms with Crippen LogP contribution in [-0.4, -0.2) is 30.2 Å². The highest BCUT2D eigenvalue weighted by Crippen LogP contribution is 2.31. The van der Waals surface area contributed by atoms with E-state index in [0.717, 1.165) is 11.1 Å². The SMILES string of the molecule is CCOC(=O)C1=C(C)N=c2s/c(=C/c3ccc(OC(=O)c4ccco4)cc3)c(=O)n2[C@H]1c1ccc(OC)cc1. The molecule has 5 rings (SSSR count). The van der Waals surface area contributed by atoms with Crippen LogP contribution in [0.5, 0.6) is 11.5 Å². The van der Waals surface area contributed by atoms with E-state index in [2.05, 4.69) is 4.99 Å². The molecule has 0 radical (unpaired) electrons. The van der Waals surface area contributed by atoms with Crippen molar-refractivity contribution in [2.45, 2.75) is 19.9 Å². The number of carbonyl (C=O) groups excluding carboxylic acids is 2. The summed E-state index contributed by atoms with van der Waals surface area (Å²) >= 11 is 1.23. The molecule has 1 atom stereocenters. The lowest BCUT2D eigenvalue weighted by Gasteiger charge is -2.24. The number of aromatic nitrogens is 1. The molecule has 0 fully saturated rings. The summed E-state index contributed by atoms with van der Waals surface area (Å²) < 4.78 is 22.9. The van der Waals surface area contributed by atoms with Crippen LogP contribution in [-0.2, 0) is 9.53 Å². The van der Waals surface area contributed by atoms with Gasteiger partial charge in [0, 0.05) is 0 Å². The van der Waals surface area contributed by atoms with Crippen LogP contribution < -0.4 is 24.4 Å². The Morgan fingerprint density at radius 1 is 1.05 bits per heavy atom. The number of nitrogens with zero attached hydrogens (tertiary/aromatic N) is 2. The van der Waals surface area contributed by atoms with E-state index in [1.807, 2.05) is 12.1 Å². The van der Waals surface area contributed by atoms with Crippen molar-refractivity contribution < 1.29 is 28.2 Å². The van der Waals surface area contributed by atoms with Gasteiger partial charge >= 0.3 is 11.9 Å². The number of esters is 2. The first-order chi connectivity index (χ1) is 18.9. The largest absolute Gasteiger partial charge is 0.497 e. The molecule has 0 unspecified atom stereocenters. The zero-order valence-corrected chi connectivity index (χ0v) is 22.2. The van der Waals surface area contributed by atoms with Gasteiger partial charge in [-0.05, 0) is 67.4 Å². The Hall–Kier alpha value is -4.70. The third-order valence-corrected chi connectivity index (χ3v) is 7.04. The van der Waals surface area contributed by atoms with Gasteiger partial charge in [0.25, 0.3) is 5.56 Å². The van der Waals surface area contributed by atoms with Gasteiger partial charge in [0.05, 0.1) is 41.8 Å². The van der Waals surface area contributed by atoms with Gasteiger partial charge in [-0.1, -0.05) is 35.6 Å². The highest BCUT2D eigenvalue weighted by atomic mass is 32.1. The van der Waals surface area contributed by atoms with E-state index in [-0.39, 0.29) is 17.9 Å². The number of furan rings is 1. The summed E-state index contributed by atoms with van der Waals surface area (Å²) in [5, 5.41) is 0. The standard InChI is InChI=1S/C29H24N2O7S/c1-4-36-28(34)24-17(2)30-29-31(25(24)19-9-13-20(35-3)14-10-19)26(32)23(39-29)16-18-7-11-21(12-8-18)38-27(33)22-6-5-15-37-22/h5-16,25H,4H2,1-3H3/b23-16+/t25-/m0/s1. The zero-order valence-electron chi connectivity index (χ0n) is 21.4. The molecular weight excluding hydrogens is 520 g/mol. The first kappa shape index (κ1) is 25.9. The molecule has 0 spiro atoms. The molecule has 0 saturated carbocycles. The van der Waals surface area contributed by atoms with E-state index < -0.39 is 18.0 Å². The van der Waals surface area contributed by atoms with Crippen LogP contribution in [0.15, 0.2) is 92.4 Å². The molecule has 3 heterocycles. The van der Waals surface area contributed by atoms with Crippen molar-refractivity contribution in [3.05, 3.63) is 115 Å². The molecule has 10 heteroatoms. The second-order valence-electron chi connectivity index (χ2n) is 8.51. The van der Waals surface area contributed by atoms with Crippen LogP contribution in [0.25, 0.3) is 6.08 Å². The molecule has 1 aliphatic heterocycles. The number of hydrogen-bond acceptors (Lipinski definition) is 9. The zero-order chi connectivity index (χ0) is 27.5. The van der Waals surface area contributed by atoms with Crippen LogP contribution in [0.2, 0.25) is 0 Å². The topological polar surface area (TPSA) is 109 Å². The Bertz CT molecular complexity index is 1730. The highest BCUT2D eigenvalue weighted by Gasteiger charge is 2.33. The Morgan fingerprint density at radius 3 is 2.41 bits per heavy atom. The van der Waals surface area contributed by atoms with Crippen LogP contribution in [0.4, 0.5) is 0 Å². The summed E-state index contributed by atoms with van der Waals surface area (Å²) in [5.41, 5.74) is 1.96. The minimum absolute atomic E-state index is 0.101. The van der Waals surface area contributed by atoms with Gasteiger partial charge in [0.2, 0.25) is 5.76 Å². The summed E-state index contributed by atoms with van der Waals surface area (Å²) in [7, 11) is 1.57. The molecule has 0 aliphatic carbocycles. The smallest absolute Gasteiger partial charge is 0.379 e. The van der Waals surface area contributed by atoms with Gasteiger partial charge < -0.3 is 18.6 Å². The van der Waals surface area contributed by atoms with Crippen LogP contribution in [0, 0.1) is 0 Å². The fourth-order valence-electron chi connectivity index (χ4n) is 4.23. The summed E-state index contributed by atoms with van der Waals surface area (Å²) in [6.07, 6.45) is 3.13. The maximum Gasteiger partial charge on any atom is 0.379 e. The van der Waals surface area contributed by atoms with Gasteiger partial charge in [-0.25, -0.2) is 14.6 Å². The fourth-order valence-corrected chi connectivity index (χ4v) is 5.28. The summed E-state index contributed by atoms with van der Waals surface area (Å²) in [5.74, 6) is -0.0305. The molecule has 0 bridgehead atoms. The van der Waals surface area contributed by atoms with Gasteiger partial charge in [0.1, 0.15) is 11.5 Å². The summed E-state index contributed by atoms with van der Waals surface area (Å²) in [4.78, 5) is 43.9. The number of hydrogen-bond donors (Lipinski definition) is 0. The molecular formula is C29H24N2O7S. The van der Waals surface area contributed by atoms with Crippen LogP contribution >= 0.6 is 11.3 Å². The van der Waals surface area contributed by atoms with Crippen molar-refractivity contribution in [1.29, 1.82) is 0 Å². The number of benzene rings is 2. The number of rotatable bonds is 7. The molecule has 198 valence electrons. The van der Waals surface area contributed by atoms with Crippen molar-refractivity contribution in [3.63, 3.8) is 0 Å². The second-order valence-corrected chi connectivity index (χ2v) is 9.52. The molecule has 0 saturated heterocycles. The van der Waals surface area contributed by atoms with Crippen molar-refractivity contribution >= 4 is 29.4 Å². The predicted octanol–water partition coefficient (Wildman–Crippen LogP) is 3.62. The molecule has 2 aromatic heterocycles. The van der Waals surface area contributed by atoms with Crippen molar-refractivity contribution in [1.82, 2.24) is 4.57 Å². The van der Waals surface area contributed by atoms with Gasteiger partial charge in [-0.3, -0.25) is 9.36 Å². The molecule has 0 amide bonds. The first-order valence-corrected chi connectivity index (χ1v) is 12.9. The van der Waals surface area contributed by atoms with Gasteiger partial charge in [0.15, 0.2) is 4.80 Å². The van der Waals surface area contributed by atoms with E-state index in [0.29, 0.717) is 32.1 Å². The normalized spacial score (nSPS) is 14.9. The number of carbonyl (C=O) groups is 2. The molecule has 9 nitrogen and oxygen atoms in total. The molecule has 0 N–H and O–H groups in total. The maximum atomic E-state index is 13.7. The Kier molecular flexibility index (Phi) is 7.29. The minimum atomic E-state index is -0.711. The average Bonchev–Trinajstić information content (AvgIpc) is 3.58. The Labute approximate surface area is 226 Å². The van der Waals surface area contributed by atoms with Crippen LogP contribution in [0.3, 0.4) is 0 Å². The van der Waals surface area contributed by atoms with Crippen LogP contribution in [0.1, 0.15) is 41.6 Å². The first-order valence-electron chi connectivity index (χ1n) is 12.1. The minimum Gasteiger partial charge on any atom is -0.497 e. The highest BCUT2D eigenvalue weighted by molar-refractivity contribution is 7.07.